The summed E-state index contributed by atoms with van der Waals surface area (Å²) < 4.78 is 7.24. The van der Waals surface area contributed by atoms with Gasteiger partial charge in [0.25, 0.3) is 0 Å². The third-order valence-corrected chi connectivity index (χ3v) is 6.53. The van der Waals surface area contributed by atoms with E-state index in [4.69, 9.17) is 4.74 Å². The highest BCUT2D eigenvalue weighted by Crippen LogP contribution is 2.21. The lowest BCUT2D eigenvalue weighted by Crippen LogP contribution is -3.00. The number of nitrogens with zero attached hydrogens (tertiary/aromatic N) is 1. The van der Waals surface area contributed by atoms with E-state index in [-0.39, 0.29) is 17.0 Å². The highest BCUT2D eigenvalue weighted by molar-refractivity contribution is 5.83. The number of rotatable bonds is 15. The molecule has 29 heavy (non-hydrogen) atoms. The van der Waals surface area contributed by atoms with Gasteiger partial charge < -0.3 is 26.2 Å². The lowest BCUT2D eigenvalue weighted by Gasteiger charge is -2.35. The first-order valence-corrected chi connectivity index (χ1v) is 11.7. The van der Waals surface area contributed by atoms with Gasteiger partial charge in [-0.1, -0.05) is 62.4 Å². The van der Waals surface area contributed by atoms with Crippen LogP contribution < -0.4 is 21.7 Å². The maximum atomic E-state index is 5.94. The van der Waals surface area contributed by atoms with Gasteiger partial charge in [0.1, 0.15) is 5.75 Å². The van der Waals surface area contributed by atoms with Gasteiger partial charge in [-0.3, -0.25) is 0 Å². The molecule has 0 fully saturated rings. The number of benzene rings is 2. The van der Waals surface area contributed by atoms with E-state index in [2.05, 4.69) is 63.2 Å². The molecule has 0 heterocycles. The Morgan fingerprint density at radius 3 is 1.83 bits per heavy atom. The van der Waals surface area contributed by atoms with Crippen molar-refractivity contribution in [2.45, 2.75) is 72.1 Å². The Kier molecular flexibility index (Phi) is 13.3. The predicted molar refractivity (Wildman–Crippen MR) is 123 cm³/mol. The van der Waals surface area contributed by atoms with Gasteiger partial charge in [0, 0.05) is 0 Å². The Hall–Kier alpha value is -1.06. The molecule has 0 radical (unpaired) electrons. The van der Waals surface area contributed by atoms with Gasteiger partial charge in [0.05, 0.1) is 32.8 Å². The average Bonchev–Trinajstić information content (AvgIpc) is 2.75. The largest absolute Gasteiger partial charge is 1.00 e. The molecule has 0 aromatic heterocycles. The molecule has 0 aliphatic rings. The number of quaternary nitrogens is 1. The third-order valence-electron chi connectivity index (χ3n) is 6.53. The van der Waals surface area contributed by atoms with Crippen LogP contribution >= 0.6 is 0 Å². The number of unbranched alkanes of at least 4 members (excludes halogenated alkanes) is 7. The van der Waals surface area contributed by atoms with Gasteiger partial charge in [-0.25, -0.2) is 0 Å². The number of ether oxygens (including phenoxy) is 1. The van der Waals surface area contributed by atoms with Crippen molar-refractivity contribution in [2.75, 3.05) is 32.8 Å². The summed E-state index contributed by atoms with van der Waals surface area (Å²) in [6.07, 6.45) is 10.8. The zero-order chi connectivity index (χ0) is 20.1. The molecule has 0 spiro atoms. The van der Waals surface area contributed by atoms with E-state index >= 15 is 0 Å². The molecule has 0 aliphatic heterocycles. The van der Waals surface area contributed by atoms with Crippen molar-refractivity contribution < 1.29 is 26.2 Å². The van der Waals surface area contributed by atoms with Crippen LogP contribution in [0.5, 0.6) is 5.75 Å². The zero-order valence-electron chi connectivity index (χ0n) is 19.0. The molecule has 0 saturated carbocycles. The van der Waals surface area contributed by atoms with E-state index < -0.39 is 0 Å². The van der Waals surface area contributed by atoms with Crippen LogP contribution in [-0.2, 0) is 0 Å². The fraction of sp³-hybridized carbons (Fsp3) is 0.615. The molecular formula is C26H42BrNO. The van der Waals surface area contributed by atoms with Gasteiger partial charge in [-0.2, -0.15) is 0 Å². The van der Waals surface area contributed by atoms with E-state index in [1.165, 1.54) is 86.4 Å². The molecule has 0 atom stereocenters. The molecule has 2 aromatic rings. The maximum absolute atomic E-state index is 5.94. The first-order valence-electron chi connectivity index (χ1n) is 11.7. The van der Waals surface area contributed by atoms with Gasteiger partial charge in [0.2, 0.25) is 0 Å². The quantitative estimate of drug-likeness (QED) is 0.283. The smallest absolute Gasteiger partial charge is 0.119 e. The monoisotopic (exact) mass is 463 g/mol. The first kappa shape index (κ1) is 26.0. The van der Waals surface area contributed by atoms with Gasteiger partial charge >= 0.3 is 0 Å². The Morgan fingerprint density at radius 2 is 1.21 bits per heavy atom. The van der Waals surface area contributed by atoms with Crippen molar-refractivity contribution in [3.05, 3.63) is 42.5 Å². The summed E-state index contributed by atoms with van der Waals surface area (Å²) in [6, 6.07) is 14.8. The molecule has 0 N–H and O–H groups in total. The van der Waals surface area contributed by atoms with Crippen LogP contribution in [0.15, 0.2) is 42.5 Å². The molecule has 2 aromatic carbocycles. The summed E-state index contributed by atoms with van der Waals surface area (Å²) in [6.45, 7) is 13.1. The third kappa shape index (κ3) is 9.09. The minimum absolute atomic E-state index is 0. The molecule has 0 bridgehead atoms. The topological polar surface area (TPSA) is 9.23 Å². The molecule has 0 amide bonds. The standard InChI is InChI=1S/C26H42NO.BrH/c1-4-27(5-2,6-3)21-15-11-9-7-8-10-12-16-22-28-26-20-19-24-17-13-14-18-25(24)23-26;/h13-14,17-20,23H,4-12,15-16,21-22H2,1-3H3;1H/q+1;/p-1. The van der Waals surface area contributed by atoms with Crippen LogP contribution in [0.4, 0.5) is 0 Å². The fourth-order valence-corrected chi connectivity index (χ4v) is 4.20. The number of halogens is 1. The Balaban J connectivity index is 0.00000420. The molecule has 0 saturated heterocycles. The molecule has 0 aliphatic carbocycles. The lowest BCUT2D eigenvalue weighted by atomic mass is 10.1. The van der Waals surface area contributed by atoms with Crippen molar-refractivity contribution in [3.8, 4) is 5.75 Å². The lowest BCUT2D eigenvalue weighted by molar-refractivity contribution is -0.923. The minimum atomic E-state index is 0. The molecule has 2 nitrogen and oxygen atoms in total. The van der Waals surface area contributed by atoms with Crippen molar-refractivity contribution in [1.82, 2.24) is 0 Å². The van der Waals surface area contributed by atoms with Crippen LogP contribution in [0, 0.1) is 0 Å². The molecule has 3 heteroatoms. The van der Waals surface area contributed by atoms with E-state index in [9.17, 15) is 0 Å². The van der Waals surface area contributed by atoms with Crippen LogP contribution in [-0.4, -0.2) is 37.3 Å². The molecular weight excluding hydrogens is 422 g/mol. The van der Waals surface area contributed by atoms with Gasteiger partial charge in [0.15, 0.2) is 0 Å². The van der Waals surface area contributed by atoms with Crippen molar-refractivity contribution in [2.24, 2.45) is 0 Å². The zero-order valence-corrected chi connectivity index (χ0v) is 20.6. The average molecular weight is 465 g/mol. The summed E-state index contributed by atoms with van der Waals surface area (Å²) in [7, 11) is 0. The number of hydrogen-bond donors (Lipinski definition) is 0. The second-order valence-electron chi connectivity index (χ2n) is 8.20. The maximum Gasteiger partial charge on any atom is 0.119 e. The Morgan fingerprint density at radius 1 is 0.655 bits per heavy atom. The van der Waals surface area contributed by atoms with E-state index in [1.807, 2.05) is 0 Å². The number of hydrogen-bond acceptors (Lipinski definition) is 1. The Bertz CT molecular complexity index is 660. The van der Waals surface area contributed by atoms with Crippen molar-refractivity contribution >= 4 is 10.8 Å². The van der Waals surface area contributed by atoms with Gasteiger partial charge in [-0.05, 0) is 62.9 Å². The normalized spacial score (nSPS) is 11.4. The molecule has 0 unspecified atom stereocenters. The van der Waals surface area contributed by atoms with E-state index in [0.29, 0.717) is 0 Å². The SMILES string of the molecule is CC[N+](CC)(CC)CCCCCCCCCCOc1ccc2ccccc2c1.[Br-]. The van der Waals surface area contributed by atoms with Crippen LogP contribution in [0.25, 0.3) is 10.8 Å². The summed E-state index contributed by atoms with van der Waals surface area (Å²) in [5.74, 6) is 0.999. The summed E-state index contributed by atoms with van der Waals surface area (Å²) in [5, 5.41) is 2.53. The van der Waals surface area contributed by atoms with Crippen LogP contribution in [0.1, 0.15) is 72.1 Å². The summed E-state index contributed by atoms with van der Waals surface area (Å²) in [4.78, 5) is 0. The fourth-order valence-electron chi connectivity index (χ4n) is 4.20. The number of fused-ring (bicyclic) bond motifs is 1. The minimum Gasteiger partial charge on any atom is -1.00 e. The summed E-state index contributed by atoms with van der Waals surface area (Å²) >= 11 is 0. The predicted octanol–water partition coefficient (Wildman–Crippen LogP) is 4.22. The van der Waals surface area contributed by atoms with E-state index in [0.717, 1.165) is 18.8 Å². The van der Waals surface area contributed by atoms with E-state index in [1.54, 1.807) is 0 Å². The van der Waals surface area contributed by atoms with Crippen molar-refractivity contribution in [3.63, 3.8) is 0 Å². The van der Waals surface area contributed by atoms with Crippen LogP contribution in [0.3, 0.4) is 0 Å². The first-order chi connectivity index (χ1) is 13.7. The second kappa shape index (κ2) is 14.8. The molecule has 2 rings (SSSR count). The highest BCUT2D eigenvalue weighted by atomic mass is 79.9. The highest BCUT2D eigenvalue weighted by Gasteiger charge is 2.19. The van der Waals surface area contributed by atoms with Crippen molar-refractivity contribution in [1.29, 1.82) is 0 Å². The molecule has 164 valence electrons. The Labute approximate surface area is 190 Å². The van der Waals surface area contributed by atoms with Gasteiger partial charge in [-0.15, -0.1) is 0 Å². The second-order valence-corrected chi connectivity index (χ2v) is 8.20. The van der Waals surface area contributed by atoms with Crippen LogP contribution in [0.2, 0.25) is 0 Å². The summed E-state index contributed by atoms with van der Waals surface area (Å²) in [5.41, 5.74) is 0.